The summed E-state index contributed by atoms with van der Waals surface area (Å²) >= 11 is 0. The van der Waals surface area contributed by atoms with Crippen molar-refractivity contribution in [2.45, 2.75) is 200 Å². The number of aliphatic hydroxyl groups is 1. The molecular formula is C60H95O11P. The third kappa shape index (κ3) is 50.6. The summed E-state index contributed by atoms with van der Waals surface area (Å²) in [6.45, 7) is 4.21. The van der Waals surface area contributed by atoms with Crippen LogP contribution in [0.1, 0.15) is 188 Å². The summed E-state index contributed by atoms with van der Waals surface area (Å²) in [5, 5.41) is 9.76. The van der Waals surface area contributed by atoms with Crippen LogP contribution in [0.3, 0.4) is 0 Å². The Bertz CT molecular complexity index is 1710. The molecule has 0 spiro atoms. The van der Waals surface area contributed by atoms with Crippen LogP contribution in [-0.2, 0) is 42.2 Å². The summed E-state index contributed by atoms with van der Waals surface area (Å²) in [5.41, 5.74) is 0. The lowest BCUT2D eigenvalue weighted by Crippen LogP contribution is -2.30. The zero-order valence-electron chi connectivity index (χ0n) is 44.6. The molecule has 3 unspecified atom stereocenters. The number of phosphoric ester groups is 1. The first-order chi connectivity index (χ1) is 35.2. The molecule has 406 valence electrons. The van der Waals surface area contributed by atoms with Crippen LogP contribution in [0.2, 0.25) is 0 Å². The number of allylic oxidation sites excluding steroid dienone is 22. The van der Waals surface area contributed by atoms with Gasteiger partial charge in [-0.3, -0.25) is 23.4 Å². The molecule has 12 heteroatoms. The lowest BCUT2D eigenvalue weighted by Gasteiger charge is -2.21. The monoisotopic (exact) mass is 1020 g/mol. The van der Waals surface area contributed by atoms with Gasteiger partial charge in [-0.2, -0.15) is 0 Å². The van der Waals surface area contributed by atoms with Gasteiger partial charge in [0.15, 0.2) is 6.10 Å². The Labute approximate surface area is 436 Å². The van der Waals surface area contributed by atoms with Crippen molar-refractivity contribution in [1.29, 1.82) is 0 Å². The predicted octanol–water partition coefficient (Wildman–Crippen LogP) is 15.8. The summed E-state index contributed by atoms with van der Waals surface area (Å²) in [6, 6.07) is 0. The van der Waals surface area contributed by atoms with E-state index in [1.807, 2.05) is 24.3 Å². The highest BCUT2D eigenvalue weighted by Crippen LogP contribution is 2.43. The number of ether oxygens (including phenoxy) is 3. The maximum absolute atomic E-state index is 12.8. The van der Waals surface area contributed by atoms with E-state index in [4.69, 9.17) is 23.3 Å². The second kappa shape index (κ2) is 52.9. The van der Waals surface area contributed by atoms with Crippen molar-refractivity contribution >= 4 is 25.7 Å². The fraction of sp³-hybridized carbons (Fsp3) is 0.583. The smallest absolute Gasteiger partial charge is 0.462 e. The average molecular weight is 1020 g/mol. The molecule has 0 aromatic carbocycles. The van der Waals surface area contributed by atoms with Crippen LogP contribution in [0.5, 0.6) is 0 Å². The molecule has 0 aliphatic rings. The van der Waals surface area contributed by atoms with Crippen LogP contribution >= 0.6 is 7.82 Å². The summed E-state index contributed by atoms with van der Waals surface area (Å²) in [6.07, 6.45) is 65.9. The van der Waals surface area contributed by atoms with Crippen molar-refractivity contribution in [3.05, 3.63) is 134 Å². The zero-order valence-corrected chi connectivity index (χ0v) is 45.5. The van der Waals surface area contributed by atoms with Crippen molar-refractivity contribution in [3.63, 3.8) is 0 Å². The van der Waals surface area contributed by atoms with Crippen molar-refractivity contribution in [3.8, 4) is 0 Å². The highest BCUT2D eigenvalue weighted by molar-refractivity contribution is 7.47. The first-order valence-electron chi connectivity index (χ1n) is 27.1. The molecule has 11 nitrogen and oxygen atoms in total. The Balaban J connectivity index is 4.96. The van der Waals surface area contributed by atoms with Crippen LogP contribution in [0, 0.1) is 0 Å². The van der Waals surface area contributed by atoms with E-state index >= 15 is 0 Å². The quantitative estimate of drug-likeness (QED) is 0.0197. The third-order valence-corrected chi connectivity index (χ3v) is 11.5. The van der Waals surface area contributed by atoms with Gasteiger partial charge < -0.3 is 24.2 Å². The van der Waals surface area contributed by atoms with E-state index in [9.17, 15) is 28.9 Å². The van der Waals surface area contributed by atoms with Gasteiger partial charge in [-0.1, -0.05) is 206 Å². The van der Waals surface area contributed by atoms with E-state index in [1.54, 1.807) is 0 Å². The molecule has 0 saturated heterocycles. The van der Waals surface area contributed by atoms with Gasteiger partial charge in [0.05, 0.1) is 19.8 Å². The molecule has 0 aliphatic carbocycles. The molecule has 0 aromatic heterocycles. The molecular weight excluding hydrogens is 928 g/mol. The SMILES string of the molecule is CC/C=C\C/C=C\C/C=C\C/C=C\C/C=C\C/C=C\CCC(=O)OCC(COP(=O)(O)OCC(CO)OC(=O)CCCCCCCCCCC)OC(=O)CCC/C=C\C/C=C\C/C=C\C/C=C\C/C=C\CC. The minimum absolute atomic E-state index is 0.0668. The largest absolute Gasteiger partial charge is 0.472 e. The topological polar surface area (TPSA) is 155 Å². The Kier molecular flexibility index (Phi) is 49.7. The number of hydrogen-bond acceptors (Lipinski definition) is 10. The fourth-order valence-corrected chi connectivity index (χ4v) is 7.32. The van der Waals surface area contributed by atoms with Crippen LogP contribution in [-0.4, -0.2) is 66.5 Å². The predicted molar refractivity (Wildman–Crippen MR) is 297 cm³/mol. The zero-order chi connectivity index (χ0) is 52.7. The number of carbonyl (C=O) groups excluding carboxylic acids is 3. The number of phosphoric acid groups is 1. The van der Waals surface area contributed by atoms with Gasteiger partial charge >= 0.3 is 25.7 Å². The van der Waals surface area contributed by atoms with E-state index in [2.05, 4.69) is 130 Å². The van der Waals surface area contributed by atoms with E-state index in [-0.39, 0.29) is 19.3 Å². The van der Waals surface area contributed by atoms with Gasteiger partial charge in [-0.15, -0.1) is 0 Å². The molecule has 0 rings (SSSR count). The molecule has 0 fully saturated rings. The Morgan fingerprint density at radius 3 is 1.17 bits per heavy atom. The number of rotatable bonds is 48. The van der Waals surface area contributed by atoms with Gasteiger partial charge in [0.25, 0.3) is 0 Å². The molecule has 0 radical (unpaired) electrons. The van der Waals surface area contributed by atoms with Gasteiger partial charge in [0.2, 0.25) is 0 Å². The second-order valence-corrected chi connectivity index (χ2v) is 18.7. The Hall–Kier alpha value is -4.38. The number of esters is 3. The average Bonchev–Trinajstić information content (AvgIpc) is 3.37. The van der Waals surface area contributed by atoms with Gasteiger partial charge in [0.1, 0.15) is 12.7 Å². The molecule has 0 aromatic rings. The summed E-state index contributed by atoms with van der Waals surface area (Å²) in [4.78, 5) is 48.3. The lowest BCUT2D eigenvalue weighted by molar-refractivity contribution is -0.161. The van der Waals surface area contributed by atoms with Crippen molar-refractivity contribution in [2.24, 2.45) is 0 Å². The molecule has 0 amide bonds. The number of carbonyl (C=O) groups is 3. The molecule has 0 heterocycles. The number of aliphatic hydroxyl groups excluding tert-OH is 1. The van der Waals surface area contributed by atoms with E-state index in [0.29, 0.717) is 25.7 Å². The molecule has 3 atom stereocenters. The van der Waals surface area contributed by atoms with Gasteiger partial charge in [-0.05, 0) is 96.3 Å². The van der Waals surface area contributed by atoms with Gasteiger partial charge in [0, 0.05) is 19.3 Å². The summed E-state index contributed by atoms with van der Waals surface area (Å²) < 4.78 is 39.2. The minimum Gasteiger partial charge on any atom is -0.462 e. The van der Waals surface area contributed by atoms with Crippen LogP contribution in [0.25, 0.3) is 0 Å². The molecule has 72 heavy (non-hydrogen) atoms. The Morgan fingerprint density at radius 2 is 0.750 bits per heavy atom. The molecule has 0 bridgehead atoms. The molecule has 2 N–H and O–H groups in total. The van der Waals surface area contributed by atoms with Crippen LogP contribution in [0.4, 0.5) is 0 Å². The fourth-order valence-electron chi connectivity index (χ4n) is 6.53. The Morgan fingerprint density at radius 1 is 0.403 bits per heavy atom. The molecule has 0 saturated carbocycles. The van der Waals surface area contributed by atoms with Gasteiger partial charge in [-0.25, -0.2) is 4.57 Å². The maximum Gasteiger partial charge on any atom is 0.472 e. The summed E-state index contributed by atoms with van der Waals surface area (Å²) in [5.74, 6) is -1.66. The van der Waals surface area contributed by atoms with Crippen molar-refractivity contribution < 1.29 is 52.2 Å². The second-order valence-electron chi connectivity index (χ2n) is 17.3. The number of unbranched alkanes of at least 4 members (excludes halogenated alkanes) is 9. The third-order valence-electron chi connectivity index (χ3n) is 10.6. The van der Waals surface area contributed by atoms with E-state index in [1.165, 1.54) is 32.1 Å². The lowest BCUT2D eigenvalue weighted by atomic mass is 10.1. The van der Waals surface area contributed by atoms with Crippen LogP contribution < -0.4 is 0 Å². The first kappa shape index (κ1) is 67.6. The number of hydrogen-bond donors (Lipinski definition) is 2. The van der Waals surface area contributed by atoms with Crippen molar-refractivity contribution in [1.82, 2.24) is 0 Å². The summed E-state index contributed by atoms with van der Waals surface area (Å²) in [7, 11) is -4.78. The first-order valence-corrected chi connectivity index (χ1v) is 28.6. The standard InChI is InChI=1S/C60H95O11P/c1-4-7-10-13-16-19-21-23-25-27-28-30-31-33-35-38-40-43-46-49-58(62)67-53-57(71-60(64)51-48-45-42-39-36-34-32-29-26-24-22-20-17-14-11-8-5-2)55-69-72(65,66)68-54-56(52-61)70-59(63)50-47-44-41-37-18-15-12-9-6-3/h7-8,10-11,16-17,19-20,23-26,28,30,32-35,39-40,42-43,56-57,61H,4-6,9,12-15,18,21-22,27,29,31,36-38,41,44-55H2,1-3H3,(H,65,66)/b10-7-,11-8-,19-16-,20-17-,25-23-,26-24-,30-28-,34-32-,35-33-,42-39-,43-40-. The normalized spacial score (nSPS) is 14.5. The van der Waals surface area contributed by atoms with E-state index in [0.717, 1.165) is 89.9 Å². The van der Waals surface area contributed by atoms with E-state index < -0.39 is 64.4 Å². The maximum atomic E-state index is 12.8. The van der Waals surface area contributed by atoms with Crippen LogP contribution in [0.15, 0.2) is 134 Å². The minimum atomic E-state index is -4.78. The highest BCUT2D eigenvalue weighted by Gasteiger charge is 2.28. The molecule has 0 aliphatic heterocycles. The van der Waals surface area contributed by atoms with Crippen molar-refractivity contribution in [2.75, 3.05) is 26.4 Å². The highest BCUT2D eigenvalue weighted by atomic mass is 31.2.